The Kier molecular flexibility index (Phi) is 2.97. The molecule has 0 aromatic heterocycles. The molecule has 1 unspecified atom stereocenters. The van der Waals surface area contributed by atoms with Gasteiger partial charge in [-0.25, -0.2) is 4.21 Å². The lowest BCUT2D eigenvalue weighted by atomic mass is 11.2. The summed E-state index contributed by atoms with van der Waals surface area (Å²) in [4.78, 5) is 12.2. The van der Waals surface area contributed by atoms with Crippen molar-refractivity contribution >= 4 is 22.7 Å². The van der Waals surface area contributed by atoms with Gasteiger partial charge < -0.3 is 5.73 Å². The van der Waals surface area contributed by atoms with Crippen molar-refractivity contribution in [1.82, 2.24) is 0 Å². The monoisotopic (exact) mass is 136 g/mol. The molecule has 3 N–H and O–H groups in total. The summed E-state index contributed by atoms with van der Waals surface area (Å²) in [5.41, 5.74) is 4.70. The van der Waals surface area contributed by atoms with E-state index in [4.69, 9.17) is 10.3 Å². The highest BCUT2D eigenvalue weighted by molar-refractivity contribution is 7.95. The molecule has 0 aromatic carbocycles. The Labute approximate surface area is 47.9 Å². The zero-order valence-corrected chi connectivity index (χ0v) is 4.59. The number of nitrogens with zero attached hydrogens (tertiary/aromatic N) is 1. The quantitative estimate of drug-likeness (QED) is 0.202. The molecule has 0 spiro atoms. The van der Waals surface area contributed by atoms with E-state index in [1.807, 2.05) is 0 Å². The lowest BCUT2D eigenvalue weighted by molar-refractivity contribution is -0.106. The molecule has 0 heterocycles. The Morgan fingerprint density at radius 2 is 2.38 bits per heavy atom. The number of hydrogen-bond donors (Lipinski definition) is 2. The average Bonchev–Trinajstić information content (AvgIpc) is 1.67. The number of rotatable bonds is 1. The number of nitrogens with two attached hydrogens (primary N) is 1. The molecule has 0 saturated heterocycles. The predicted octanol–water partition coefficient (Wildman–Crippen LogP) is -1.32. The zero-order valence-electron chi connectivity index (χ0n) is 3.77. The van der Waals surface area contributed by atoms with Crippen molar-refractivity contribution in [2.75, 3.05) is 0 Å². The largest absolute Gasteiger partial charge is 0.374 e. The van der Waals surface area contributed by atoms with Crippen LogP contribution >= 0.6 is 0 Å². The Hall–Kier alpha value is -0.750. The van der Waals surface area contributed by atoms with Crippen LogP contribution in [0.3, 0.4) is 0 Å². The van der Waals surface area contributed by atoms with Gasteiger partial charge in [-0.05, 0) is 0 Å². The third-order valence-corrected chi connectivity index (χ3v) is 0.822. The van der Waals surface area contributed by atoms with E-state index < -0.39 is 16.2 Å². The van der Waals surface area contributed by atoms with Gasteiger partial charge in [-0.15, -0.1) is 0 Å². The van der Waals surface area contributed by atoms with Crippen LogP contribution in [0, 0.1) is 0 Å². The van der Waals surface area contributed by atoms with Crippen LogP contribution in [0.25, 0.3) is 0 Å². The van der Waals surface area contributed by atoms with Gasteiger partial charge in [0.2, 0.25) is 22.7 Å². The molecule has 0 aliphatic rings. The van der Waals surface area contributed by atoms with Gasteiger partial charge >= 0.3 is 0 Å². The van der Waals surface area contributed by atoms with Gasteiger partial charge in [-0.3, -0.25) is 9.35 Å². The van der Waals surface area contributed by atoms with Crippen molar-refractivity contribution in [2.24, 2.45) is 10.7 Å². The predicted molar refractivity (Wildman–Crippen MR) is 28.5 cm³/mol. The molecule has 0 saturated carbocycles. The highest BCUT2D eigenvalue weighted by atomic mass is 32.2. The molecule has 5 nitrogen and oxygen atoms in total. The van der Waals surface area contributed by atoms with E-state index in [2.05, 4.69) is 4.99 Å². The van der Waals surface area contributed by atoms with Crippen molar-refractivity contribution in [1.29, 1.82) is 0 Å². The second-order valence-corrected chi connectivity index (χ2v) is 1.74. The number of amides is 1. The summed E-state index contributed by atoms with van der Waals surface area (Å²) in [6.45, 7) is 0. The highest BCUT2D eigenvalue weighted by Crippen LogP contribution is 1.70. The summed E-state index contributed by atoms with van der Waals surface area (Å²) in [5, 5.41) is -0.583. The first-order valence-corrected chi connectivity index (χ1v) is 2.67. The van der Waals surface area contributed by atoms with E-state index >= 15 is 0 Å². The minimum atomic E-state index is -2.31. The van der Waals surface area contributed by atoms with Gasteiger partial charge in [0.15, 0.2) is 0 Å². The molecular weight excluding hydrogens is 132 g/mol. The van der Waals surface area contributed by atoms with E-state index in [0.29, 0.717) is 0 Å². The standard InChI is InChI=1S/C2H4N2O3S/c3-2(4-1-5)8(6)7/h1H,(H,6,7)(H2,3,4,5). The fourth-order valence-corrected chi connectivity index (χ4v) is 0.230. The van der Waals surface area contributed by atoms with Crippen LogP contribution < -0.4 is 5.73 Å². The van der Waals surface area contributed by atoms with Gasteiger partial charge in [-0.1, -0.05) is 0 Å². The molecule has 1 amide bonds. The fraction of sp³-hybridized carbons (Fsp3) is 0. The third kappa shape index (κ3) is 2.43. The Bertz CT molecular complexity index is 142. The molecule has 0 aliphatic carbocycles. The van der Waals surface area contributed by atoms with Crippen LogP contribution in [0.2, 0.25) is 0 Å². The Morgan fingerprint density at radius 1 is 1.88 bits per heavy atom. The van der Waals surface area contributed by atoms with Crippen LogP contribution in [0.1, 0.15) is 0 Å². The first-order valence-electron chi connectivity index (χ1n) is 1.56. The minimum Gasteiger partial charge on any atom is -0.374 e. The van der Waals surface area contributed by atoms with E-state index in [0.717, 1.165) is 0 Å². The second-order valence-electron chi connectivity index (χ2n) is 0.822. The first kappa shape index (κ1) is 7.25. The van der Waals surface area contributed by atoms with Crippen LogP contribution in [0.4, 0.5) is 0 Å². The topological polar surface area (TPSA) is 92.8 Å². The van der Waals surface area contributed by atoms with Gasteiger partial charge in [0.25, 0.3) is 0 Å². The summed E-state index contributed by atoms with van der Waals surface area (Å²) in [6.07, 6.45) is 0.101. The molecule has 46 valence electrons. The maximum atomic E-state index is 9.79. The van der Waals surface area contributed by atoms with E-state index in [9.17, 15) is 9.00 Å². The van der Waals surface area contributed by atoms with Crippen molar-refractivity contribution in [3.8, 4) is 0 Å². The summed E-state index contributed by atoms with van der Waals surface area (Å²) >= 11 is -2.31. The van der Waals surface area contributed by atoms with Crippen molar-refractivity contribution in [2.45, 2.75) is 0 Å². The van der Waals surface area contributed by atoms with Crippen molar-refractivity contribution in [3.63, 3.8) is 0 Å². The molecule has 0 radical (unpaired) electrons. The van der Waals surface area contributed by atoms with Gasteiger partial charge in [-0.2, -0.15) is 4.99 Å². The van der Waals surface area contributed by atoms with Gasteiger partial charge in [0.1, 0.15) is 0 Å². The normalized spacial score (nSPS) is 15.4. The van der Waals surface area contributed by atoms with Crippen LogP contribution in [-0.2, 0) is 15.9 Å². The molecule has 0 bridgehead atoms. The highest BCUT2D eigenvalue weighted by Gasteiger charge is 1.95. The number of carbonyl (C=O) groups excluding carboxylic acids is 1. The Morgan fingerprint density at radius 3 is 2.50 bits per heavy atom. The first-order chi connectivity index (χ1) is 3.68. The fourth-order valence-electron chi connectivity index (χ4n) is 0.0970. The van der Waals surface area contributed by atoms with E-state index in [1.54, 1.807) is 0 Å². The van der Waals surface area contributed by atoms with Crippen LogP contribution in [0.5, 0.6) is 0 Å². The SMILES string of the molecule is NC(=NC=O)S(=O)O. The zero-order chi connectivity index (χ0) is 6.57. The number of carbonyl (C=O) groups is 1. The molecule has 1 atom stereocenters. The smallest absolute Gasteiger partial charge is 0.235 e. The van der Waals surface area contributed by atoms with Gasteiger partial charge in [0, 0.05) is 0 Å². The summed E-state index contributed by atoms with van der Waals surface area (Å²) in [5.74, 6) is 0. The minimum absolute atomic E-state index is 0.101. The van der Waals surface area contributed by atoms with Crippen molar-refractivity contribution in [3.05, 3.63) is 0 Å². The molecule has 0 aromatic rings. The summed E-state index contributed by atoms with van der Waals surface area (Å²) in [7, 11) is 0. The van der Waals surface area contributed by atoms with Gasteiger partial charge in [0.05, 0.1) is 0 Å². The molecular formula is C2H4N2O3S. The number of hydrogen-bond acceptors (Lipinski definition) is 2. The number of amidine groups is 1. The lowest BCUT2D eigenvalue weighted by Gasteiger charge is -1.84. The maximum absolute atomic E-state index is 9.79. The van der Waals surface area contributed by atoms with E-state index in [1.165, 1.54) is 0 Å². The summed E-state index contributed by atoms with van der Waals surface area (Å²) < 4.78 is 17.8. The molecule has 8 heavy (non-hydrogen) atoms. The molecule has 0 fully saturated rings. The number of aliphatic imine (C=N–C) groups is 1. The van der Waals surface area contributed by atoms with Crippen LogP contribution in [0.15, 0.2) is 4.99 Å². The molecule has 0 aliphatic heterocycles. The third-order valence-electron chi connectivity index (χ3n) is 0.359. The Balaban J connectivity index is 3.99. The lowest BCUT2D eigenvalue weighted by Crippen LogP contribution is -2.17. The molecule has 0 rings (SSSR count). The van der Waals surface area contributed by atoms with Crippen molar-refractivity contribution < 1.29 is 13.6 Å². The van der Waals surface area contributed by atoms with Crippen LogP contribution in [-0.4, -0.2) is 20.3 Å². The molecule has 6 heteroatoms. The summed E-state index contributed by atoms with van der Waals surface area (Å²) in [6, 6.07) is 0. The van der Waals surface area contributed by atoms with E-state index in [-0.39, 0.29) is 6.41 Å². The average molecular weight is 136 g/mol. The maximum Gasteiger partial charge on any atom is 0.235 e. The second kappa shape index (κ2) is 3.28.